The minimum atomic E-state index is -0.209. The number of carbonyl (C=O) groups is 1. The lowest BCUT2D eigenvalue weighted by molar-refractivity contribution is -0.108. The molecule has 0 radical (unpaired) electrons. The van der Waals surface area contributed by atoms with Crippen molar-refractivity contribution in [2.24, 2.45) is 0 Å². The highest BCUT2D eigenvalue weighted by Crippen LogP contribution is 2.26. The Morgan fingerprint density at radius 2 is 2.33 bits per heavy atom. The molecule has 1 atom stereocenters. The topological polar surface area (TPSA) is 50.1 Å². The molecule has 0 fully saturated rings. The second-order valence-corrected chi connectivity index (χ2v) is 3.22. The van der Waals surface area contributed by atoms with Gasteiger partial charge in [-0.05, 0) is 19.1 Å². The van der Waals surface area contributed by atoms with E-state index in [9.17, 15) is 4.79 Å². The summed E-state index contributed by atoms with van der Waals surface area (Å²) in [6, 6.07) is 7.17. The monoisotopic (exact) mass is 203 g/mol. The summed E-state index contributed by atoms with van der Waals surface area (Å²) < 4.78 is 5.39. The Bertz CT molecular complexity index is 393. The maximum Gasteiger partial charge on any atom is 0.127 e. The molecule has 3 heteroatoms. The normalized spacial score (nSPS) is 11.5. The van der Waals surface area contributed by atoms with Gasteiger partial charge in [0.1, 0.15) is 12.0 Å². The van der Waals surface area contributed by atoms with Crippen LogP contribution in [0, 0.1) is 11.3 Å². The molecule has 1 aromatic carbocycles. The van der Waals surface area contributed by atoms with E-state index in [-0.39, 0.29) is 5.92 Å². The number of rotatable bonds is 4. The summed E-state index contributed by atoms with van der Waals surface area (Å²) in [6.45, 7) is 4.19. The summed E-state index contributed by atoms with van der Waals surface area (Å²) in [5, 5.41) is 8.74. The Morgan fingerprint density at radius 1 is 1.60 bits per heavy atom. The van der Waals surface area contributed by atoms with Crippen LogP contribution in [0.3, 0.4) is 0 Å². The van der Waals surface area contributed by atoms with Crippen LogP contribution in [0.4, 0.5) is 0 Å². The van der Waals surface area contributed by atoms with Crippen molar-refractivity contribution in [2.75, 3.05) is 6.61 Å². The van der Waals surface area contributed by atoms with Gasteiger partial charge in [0.05, 0.1) is 18.2 Å². The quantitative estimate of drug-likeness (QED) is 0.705. The van der Waals surface area contributed by atoms with Crippen LogP contribution in [-0.2, 0) is 4.79 Å². The summed E-state index contributed by atoms with van der Waals surface area (Å²) in [5.74, 6) is 0.412. The molecule has 0 spiro atoms. The Labute approximate surface area is 89.3 Å². The van der Waals surface area contributed by atoms with Gasteiger partial charge < -0.3 is 9.53 Å². The minimum Gasteiger partial charge on any atom is -0.494 e. The molecular formula is C12H13NO2. The summed E-state index contributed by atoms with van der Waals surface area (Å²) in [4.78, 5) is 10.7. The van der Waals surface area contributed by atoms with E-state index in [1.807, 2.05) is 13.0 Å². The van der Waals surface area contributed by atoms with Crippen LogP contribution < -0.4 is 4.74 Å². The highest BCUT2D eigenvalue weighted by molar-refractivity contribution is 5.64. The average Bonchev–Trinajstić information content (AvgIpc) is 2.28. The third kappa shape index (κ3) is 2.57. The van der Waals surface area contributed by atoms with Crippen molar-refractivity contribution in [1.29, 1.82) is 5.26 Å². The fourth-order valence-electron chi connectivity index (χ4n) is 1.33. The van der Waals surface area contributed by atoms with Crippen molar-refractivity contribution in [3.63, 3.8) is 0 Å². The number of carbonyl (C=O) groups excluding carboxylic acids is 1. The van der Waals surface area contributed by atoms with E-state index in [0.717, 1.165) is 11.8 Å². The molecule has 0 aromatic heterocycles. The van der Waals surface area contributed by atoms with E-state index in [4.69, 9.17) is 10.00 Å². The second kappa shape index (κ2) is 5.16. The van der Waals surface area contributed by atoms with Gasteiger partial charge in [0, 0.05) is 11.5 Å². The number of nitriles is 1. The Hall–Kier alpha value is -1.82. The van der Waals surface area contributed by atoms with E-state index in [0.29, 0.717) is 17.9 Å². The largest absolute Gasteiger partial charge is 0.494 e. The highest BCUT2D eigenvalue weighted by atomic mass is 16.5. The molecule has 0 bridgehead atoms. The number of ether oxygens (including phenoxy) is 1. The lowest BCUT2D eigenvalue weighted by Crippen LogP contribution is -2.01. The lowest BCUT2D eigenvalue weighted by atomic mass is 10.00. The summed E-state index contributed by atoms with van der Waals surface area (Å²) in [7, 11) is 0. The van der Waals surface area contributed by atoms with E-state index >= 15 is 0 Å². The molecule has 0 N–H and O–H groups in total. The van der Waals surface area contributed by atoms with Gasteiger partial charge in [-0.25, -0.2) is 0 Å². The van der Waals surface area contributed by atoms with Gasteiger partial charge in [-0.1, -0.05) is 13.0 Å². The first-order valence-corrected chi connectivity index (χ1v) is 4.85. The molecule has 1 rings (SSSR count). The number of benzene rings is 1. The highest BCUT2D eigenvalue weighted by Gasteiger charge is 2.11. The van der Waals surface area contributed by atoms with Crippen LogP contribution >= 0.6 is 0 Å². The van der Waals surface area contributed by atoms with Crippen LogP contribution in [0.2, 0.25) is 0 Å². The van der Waals surface area contributed by atoms with Gasteiger partial charge in [0.2, 0.25) is 0 Å². The number of hydrogen-bond acceptors (Lipinski definition) is 3. The number of hydrogen-bond donors (Lipinski definition) is 0. The smallest absolute Gasteiger partial charge is 0.127 e. The molecule has 0 aliphatic carbocycles. The Balaban J connectivity index is 3.15. The maximum absolute atomic E-state index is 10.7. The van der Waals surface area contributed by atoms with E-state index < -0.39 is 0 Å². The second-order valence-electron chi connectivity index (χ2n) is 3.22. The fraction of sp³-hybridized carbons (Fsp3) is 0.333. The summed E-state index contributed by atoms with van der Waals surface area (Å²) in [6.07, 6.45) is 0.865. The molecule has 15 heavy (non-hydrogen) atoms. The fourth-order valence-corrected chi connectivity index (χ4v) is 1.33. The third-order valence-corrected chi connectivity index (χ3v) is 2.14. The van der Waals surface area contributed by atoms with Crippen molar-refractivity contribution in [1.82, 2.24) is 0 Å². The Kier molecular flexibility index (Phi) is 3.87. The maximum atomic E-state index is 10.7. The van der Waals surface area contributed by atoms with Gasteiger partial charge in [-0.15, -0.1) is 0 Å². The van der Waals surface area contributed by atoms with Crippen molar-refractivity contribution < 1.29 is 9.53 Å². The predicted molar refractivity (Wildman–Crippen MR) is 56.8 cm³/mol. The molecule has 1 unspecified atom stereocenters. The van der Waals surface area contributed by atoms with Crippen LogP contribution in [0.15, 0.2) is 18.2 Å². The molecule has 0 saturated carbocycles. The zero-order valence-corrected chi connectivity index (χ0v) is 8.86. The Morgan fingerprint density at radius 3 is 2.87 bits per heavy atom. The van der Waals surface area contributed by atoms with Gasteiger partial charge in [0.25, 0.3) is 0 Å². The first-order chi connectivity index (χ1) is 7.22. The van der Waals surface area contributed by atoms with Crippen LogP contribution in [-0.4, -0.2) is 12.9 Å². The van der Waals surface area contributed by atoms with Gasteiger partial charge >= 0.3 is 0 Å². The molecule has 0 heterocycles. The van der Waals surface area contributed by atoms with E-state index in [1.54, 1.807) is 25.1 Å². The SMILES string of the molecule is CCOc1cc(C#N)ccc1C(C)C=O. The van der Waals surface area contributed by atoms with Crippen LogP contribution in [0.1, 0.15) is 30.9 Å². The van der Waals surface area contributed by atoms with Crippen LogP contribution in [0.5, 0.6) is 5.75 Å². The predicted octanol–water partition coefficient (Wildman–Crippen LogP) is 2.26. The summed E-state index contributed by atoms with van der Waals surface area (Å²) >= 11 is 0. The molecule has 0 aliphatic rings. The van der Waals surface area contributed by atoms with Gasteiger partial charge in [0.15, 0.2) is 0 Å². The zero-order chi connectivity index (χ0) is 11.3. The minimum absolute atomic E-state index is 0.209. The molecule has 0 saturated heterocycles. The first kappa shape index (κ1) is 11.3. The van der Waals surface area contributed by atoms with E-state index in [1.165, 1.54) is 0 Å². The molecule has 0 aliphatic heterocycles. The first-order valence-electron chi connectivity index (χ1n) is 4.85. The molecular weight excluding hydrogens is 190 g/mol. The third-order valence-electron chi connectivity index (χ3n) is 2.14. The summed E-state index contributed by atoms with van der Waals surface area (Å²) in [5.41, 5.74) is 1.37. The van der Waals surface area contributed by atoms with Crippen molar-refractivity contribution in [3.05, 3.63) is 29.3 Å². The zero-order valence-electron chi connectivity index (χ0n) is 8.86. The molecule has 1 aromatic rings. The van der Waals surface area contributed by atoms with Crippen molar-refractivity contribution in [2.45, 2.75) is 19.8 Å². The molecule has 3 nitrogen and oxygen atoms in total. The molecule has 0 amide bonds. The van der Waals surface area contributed by atoms with E-state index in [2.05, 4.69) is 0 Å². The van der Waals surface area contributed by atoms with Crippen molar-refractivity contribution >= 4 is 6.29 Å². The molecule has 78 valence electrons. The number of aldehydes is 1. The standard InChI is InChI=1S/C12H13NO2/c1-3-15-12-6-10(7-13)4-5-11(12)9(2)8-14/h4-6,8-9H,3H2,1-2H3. The van der Waals surface area contributed by atoms with Gasteiger partial charge in [-0.2, -0.15) is 5.26 Å². The number of nitrogens with zero attached hydrogens (tertiary/aromatic N) is 1. The average molecular weight is 203 g/mol. The van der Waals surface area contributed by atoms with Crippen molar-refractivity contribution in [3.8, 4) is 11.8 Å². The lowest BCUT2D eigenvalue weighted by Gasteiger charge is -2.12. The van der Waals surface area contributed by atoms with Gasteiger partial charge in [-0.3, -0.25) is 0 Å². The van der Waals surface area contributed by atoms with Crippen LogP contribution in [0.25, 0.3) is 0 Å².